The van der Waals surface area contributed by atoms with E-state index >= 15 is 0 Å². The fourth-order valence-electron chi connectivity index (χ4n) is 0.900. The Morgan fingerprint density at radius 3 is 2.64 bits per heavy atom. The summed E-state index contributed by atoms with van der Waals surface area (Å²) in [5, 5.41) is 8.29. The first-order valence-corrected chi connectivity index (χ1v) is 3.62. The minimum Gasteiger partial charge on any atom is -0.479 e. The lowest BCUT2D eigenvalue weighted by atomic mass is 9.98. The highest BCUT2D eigenvalue weighted by Crippen LogP contribution is 2.15. The Morgan fingerprint density at radius 2 is 2.36 bits per heavy atom. The van der Waals surface area contributed by atoms with Crippen LogP contribution in [0, 0.1) is 5.92 Å². The number of alkyl halides is 1. The largest absolute Gasteiger partial charge is 0.479 e. The van der Waals surface area contributed by atoms with Crippen molar-refractivity contribution in [3.05, 3.63) is 12.7 Å². The number of carboxylic acid groups (broad SMARTS) is 1. The minimum atomic E-state index is -1.80. The van der Waals surface area contributed by atoms with Gasteiger partial charge >= 0.3 is 5.97 Å². The number of carbonyl (C=O) groups is 1. The first-order valence-electron chi connectivity index (χ1n) is 3.62. The molecule has 0 aliphatic rings. The van der Waals surface area contributed by atoms with Crippen molar-refractivity contribution in [3.63, 3.8) is 0 Å². The third-order valence-electron chi connectivity index (χ3n) is 1.54. The van der Waals surface area contributed by atoms with Crippen LogP contribution in [0.5, 0.6) is 0 Å². The smallest absolute Gasteiger partial charge is 0.338 e. The molecule has 0 saturated carbocycles. The summed E-state index contributed by atoms with van der Waals surface area (Å²) in [5.41, 5.74) is 0. The first kappa shape index (κ1) is 10.1. The molecule has 0 spiro atoms. The van der Waals surface area contributed by atoms with Gasteiger partial charge in [-0.15, -0.1) is 6.58 Å². The Kier molecular flexibility index (Phi) is 4.50. The molecule has 0 unspecified atom stereocenters. The van der Waals surface area contributed by atoms with Crippen LogP contribution >= 0.6 is 0 Å². The number of rotatable bonds is 5. The van der Waals surface area contributed by atoms with Gasteiger partial charge in [-0.25, -0.2) is 9.18 Å². The molecule has 11 heavy (non-hydrogen) atoms. The molecule has 0 aromatic rings. The maximum atomic E-state index is 12.7. The van der Waals surface area contributed by atoms with E-state index in [1.54, 1.807) is 0 Å². The van der Waals surface area contributed by atoms with E-state index in [1.807, 2.05) is 6.92 Å². The third-order valence-corrected chi connectivity index (χ3v) is 1.54. The number of hydrogen-bond acceptors (Lipinski definition) is 1. The Hall–Kier alpha value is -0.860. The minimum absolute atomic E-state index is 0.539. The van der Waals surface area contributed by atoms with Gasteiger partial charge in [0.15, 0.2) is 0 Å². The van der Waals surface area contributed by atoms with Crippen LogP contribution in [0.4, 0.5) is 4.39 Å². The van der Waals surface area contributed by atoms with Crippen molar-refractivity contribution in [1.29, 1.82) is 0 Å². The maximum absolute atomic E-state index is 12.7. The van der Waals surface area contributed by atoms with Gasteiger partial charge < -0.3 is 5.11 Å². The van der Waals surface area contributed by atoms with Crippen molar-refractivity contribution in [3.8, 4) is 0 Å². The van der Waals surface area contributed by atoms with E-state index in [4.69, 9.17) is 5.11 Å². The van der Waals surface area contributed by atoms with Crippen LogP contribution in [-0.4, -0.2) is 17.2 Å². The molecule has 2 atom stereocenters. The van der Waals surface area contributed by atoms with Gasteiger partial charge in [0.05, 0.1) is 0 Å². The molecule has 64 valence electrons. The maximum Gasteiger partial charge on any atom is 0.338 e. The van der Waals surface area contributed by atoms with Gasteiger partial charge in [-0.2, -0.15) is 0 Å². The topological polar surface area (TPSA) is 37.3 Å². The predicted molar refractivity (Wildman–Crippen MR) is 41.1 cm³/mol. The van der Waals surface area contributed by atoms with E-state index in [-0.39, 0.29) is 0 Å². The third kappa shape index (κ3) is 3.16. The highest BCUT2D eigenvalue weighted by Gasteiger charge is 2.23. The molecular weight excluding hydrogens is 147 g/mol. The van der Waals surface area contributed by atoms with Crippen LogP contribution in [0.15, 0.2) is 12.7 Å². The van der Waals surface area contributed by atoms with Gasteiger partial charge in [-0.1, -0.05) is 19.4 Å². The Balaban J connectivity index is 4.01. The van der Waals surface area contributed by atoms with E-state index in [2.05, 4.69) is 6.58 Å². The van der Waals surface area contributed by atoms with Crippen LogP contribution in [0.2, 0.25) is 0 Å². The average molecular weight is 160 g/mol. The molecule has 0 aromatic carbocycles. The molecule has 0 aliphatic carbocycles. The molecule has 0 radical (unpaired) electrons. The van der Waals surface area contributed by atoms with E-state index in [0.29, 0.717) is 6.42 Å². The van der Waals surface area contributed by atoms with Gasteiger partial charge in [0.1, 0.15) is 0 Å². The van der Waals surface area contributed by atoms with E-state index in [1.165, 1.54) is 6.08 Å². The summed E-state index contributed by atoms with van der Waals surface area (Å²) in [4.78, 5) is 10.2. The number of carboxylic acids is 1. The highest BCUT2D eigenvalue weighted by atomic mass is 19.1. The average Bonchev–Trinajstić information content (AvgIpc) is 1.98. The normalized spacial score (nSPS) is 15.5. The van der Waals surface area contributed by atoms with Gasteiger partial charge in [-0.05, 0) is 6.42 Å². The number of aliphatic carboxylic acids is 1. The SMILES string of the molecule is C=C[C@H](CCC)[C@@H](F)C(=O)O. The molecule has 0 amide bonds. The number of halogens is 1. The first-order chi connectivity index (χ1) is 5.13. The van der Waals surface area contributed by atoms with Gasteiger partial charge in [0, 0.05) is 5.92 Å². The van der Waals surface area contributed by atoms with Gasteiger partial charge in [-0.3, -0.25) is 0 Å². The lowest BCUT2D eigenvalue weighted by Crippen LogP contribution is -2.23. The van der Waals surface area contributed by atoms with E-state index < -0.39 is 18.1 Å². The lowest BCUT2D eigenvalue weighted by Gasteiger charge is -2.11. The van der Waals surface area contributed by atoms with Gasteiger partial charge in [0.25, 0.3) is 0 Å². The van der Waals surface area contributed by atoms with Crippen molar-refractivity contribution < 1.29 is 14.3 Å². The zero-order valence-corrected chi connectivity index (χ0v) is 6.59. The molecule has 0 rings (SSSR count). The number of hydrogen-bond donors (Lipinski definition) is 1. The molecule has 3 heteroatoms. The van der Waals surface area contributed by atoms with Crippen LogP contribution in [0.1, 0.15) is 19.8 Å². The zero-order chi connectivity index (χ0) is 8.85. The summed E-state index contributed by atoms with van der Waals surface area (Å²) in [6.07, 6.45) is 0.872. The molecule has 0 aliphatic heterocycles. The summed E-state index contributed by atoms with van der Waals surface area (Å²) >= 11 is 0. The molecule has 0 saturated heterocycles. The standard InChI is InChI=1S/C8H13FO2/c1-3-5-6(4-2)7(9)8(10)11/h4,6-7H,2-3,5H2,1H3,(H,10,11)/t6-,7-/m1/s1. The van der Waals surface area contributed by atoms with Crippen LogP contribution in [0.25, 0.3) is 0 Å². The zero-order valence-electron chi connectivity index (χ0n) is 6.59. The summed E-state index contributed by atoms with van der Waals surface area (Å²) in [5.74, 6) is -1.94. The van der Waals surface area contributed by atoms with Crippen molar-refractivity contribution in [2.45, 2.75) is 25.9 Å². The van der Waals surface area contributed by atoms with E-state index in [0.717, 1.165) is 6.42 Å². The fourth-order valence-corrected chi connectivity index (χ4v) is 0.900. The Bertz CT molecular complexity index is 145. The van der Waals surface area contributed by atoms with E-state index in [9.17, 15) is 9.18 Å². The molecular formula is C8H13FO2. The van der Waals surface area contributed by atoms with Gasteiger partial charge in [0.2, 0.25) is 6.17 Å². The van der Waals surface area contributed by atoms with Crippen LogP contribution in [-0.2, 0) is 4.79 Å². The molecule has 1 N–H and O–H groups in total. The number of allylic oxidation sites excluding steroid dienone is 1. The van der Waals surface area contributed by atoms with Crippen molar-refractivity contribution in [2.75, 3.05) is 0 Å². The van der Waals surface area contributed by atoms with Crippen molar-refractivity contribution in [1.82, 2.24) is 0 Å². The summed E-state index contributed by atoms with van der Waals surface area (Å²) in [6, 6.07) is 0. The second kappa shape index (κ2) is 4.88. The molecule has 0 bridgehead atoms. The molecule has 0 heterocycles. The monoisotopic (exact) mass is 160 g/mol. The van der Waals surface area contributed by atoms with Crippen molar-refractivity contribution in [2.24, 2.45) is 5.92 Å². The quantitative estimate of drug-likeness (QED) is 0.624. The summed E-state index contributed by atoms with van der Waals surface area (Å²) in [7, 11) is 0. The second-order valence-electron chi connectivity index (χ2n) is 2.43. The molecule has 2 nitrogen and oxygen atoms in total. The Morgan fingerprint density at radius 1 is 1.82 bits per heavy atom. The fraction of sp³-hybridized carbons (Fsp3) is 0.625. The summed E-state index contributed by atoms with van der Waals surface area (Å²) < 4.78 is 12.7. The highest BCUT2D eigenvalue weighted by molar-refractivity contribution is 5.72. The van der Waals surface area contributed by atoms with Crippen LogP contribution in [0.3, 0.4) is 0 Å². The molecule has 0 fully saturated rings. The lowest BCUT2D eigenvalue weighted by molar-refractivity contribution is -0.144. The molecule has 0 aromatic heterocycles. The van der Waals surface area contributed by atoms with Crippen LogP contribution < -0.4 is 0 Å². The summed E-state index contributed by atoms with van der Waals surface area (Å²) in [6.45, 7) is 5.26. The van der Waals surface area contributed by atoms with Crippen molar-refractivity contribution >= 4 is 5.97 Å². The predicted octanol–water partition coefficient (Wildman–Crippen LogP) is 2.01. The Labute approximate surface area is 65.7 Å². The second-order valence-corrected chi connectivity index (χ2v) is 2.43.